The number of anilines is 1. The summed E-state index contributed by atoms with van der Waals surface area (Å²) in [5, 5.41) is 35.1. The molecule has 3 rings (SSSR count). The first-order chi connectivity index (χ1) is 14.8. The third kappa shape index (κ3) is 5.50. The molecule has 0 amide bonds. The van der Waals surface area contributed by atoms with Gasteiger partial charge in [0.2, 0.25) is 5.84 Å². The molecule has 0 aromatic heterocycles. The van der Waals surface area contributed by atoms with Gasteiger partial charge in [-0.1, -0.05) is 60.3 Å². The van der Waals surface area contributed by atoms with E-state index >= 15 is 0 Å². The number of nitrogens with one attached hydrogen (secondary N) is 1. The molecule has 0 aliphatic carbocycles. The van der Waals surface area contributed by atoms with Crippen molar-refractivity contribution in [2.24, 2.45) is 15.3 Å². The first kappa shape index (κ1) is 21.6. The molecule has 158 valence electrons. The first-order valence-electron chi connectivity index (χ1n) is 8.65. The van der Waals surface area contributed by atoms with E-state index in [4.69, 9.17) is 4.55 Å². The lowest BCUT2D eigenvalue weighted by molar-refractivity contribution is -0.267. The summed E-state index contributed by atoms with van der Waals surface area (Å²) in [6.45, 7) is 0. The Morgan fingerprint density at radius 3 is 2.32 bits per heavy atom. The zero-order chi connectivity index (χ0) is 22.4. The minimum atomic E-state index is -4.52. The lowest BCUT2D eigenvalue weighted by atomic mass is 10.2. The van der Waals surface area contributed by atoms with Crippen LogP contribution in [0.2, 0.25) is 0 Å². The third-order valence-electron chi connectivity index (χ3n) is 3.94. The number of carboxylic acid groups (broad SMARTS) is 1. The number of carbonyl (C=O) groups is 1. The molecule has 0 atom stereocenters. The van der Waals surface area contributed by atoms with Crippen LogP contribution in [-0.4, -0.2) is 24.8 Å². The Morgan fingerprint density at radius 1 is 0.968 bits per heavy atom. The number of azo groups is 1. The molecular formula is C20H14N4O6S-2. The fourth-order valence-corrected chi connectivity index (χ4v) is 2.94. The van der Waals surface area contributed by atoms with E-state index in [-0.39, 0.29) is 22.8 Å². The van der Waals surface area contributed by atoms with E-state index < -0.39 is 26.7 Å². The van der Waals surface area contributed by atoms with Gasteiger partial charge >= 0.3 is 0 Å². The number of hydrogen-bond donors (Lipinski definition) is 2. The molecule has 0 fully saturated rings. The van der Waals surface area contributed by atoms with Crippen molar-refractivity contribution in [1.29, 1.82) is 0 Å². The quantitative estimate of drug-likeness (QED) is 0.195. The van der Waals surface area contributed by atoms with Crippen molar-refractivity contribution in [3.05, 3.63) is 83.9 Å². The second-order valence-corrected chi connectivity index (χ2v) is 7.47. The van der Waals surface area contributed by atoms with Crippen molar-refractivity contribution in [3.8, 4) is 5.75 Å². The molecule has 0 heterocycles. The van der Waals surface area contributed by atoms with Crippen LogP contribution >= 0.6 is 0 Å². The van der Waals surface area contributed by atoms with E-state index in [0.717, 1.165) is 18.2 Å². The summed E-state index contributed by atoms with van der Waals surface area (Å²) in [4.78, 5) is 10.7. The fraction of sp³-hybridized carbons (Fsp3) is 0. The minimum Gasteiger partial charge on any atom is -0.871 e. The number of benzene rings is 3. The Labute approximate surface area is 177 Å². The zero-order valence-corrected chi connectivity index (χ0v) is 16.5. The molecular weight excluding hydrogens is 424 g/mol. The van der Waals surface area contributed by atoms with Gasteiger partial charge in [-0.05, 0) is 18.2 Å². The van der Waals surface area contributed by atoms with Crippen molar-refractivity contribution in [3.63, 3.8) is 0 Å². The highest BCUT2D eigenvalue weighted by Crippen LogP contribution is 2.24. The van der Waals surface area contributed by atoms with Crippen LogP contribution < -0.4 is 15.6 Å². The molecule has 3 aromatic carbocycles. The van der Waals surface area contributed by atoms with Gasteiger partial charge in [0, 0.05) is 16.8 Å². The Balaban J connectivity index is 2.00. The first-order valence-corrected chi connectivity index (χ1v) is 10.1. The normalized spacial score (nSPS) is 12.1. The van der Waals surface area contributed by atoms with Gasteiger partial charge in [0.05, 0.1) is 16.6 Å². The smallest absolute Gasteiger partial charge is 0.294 e. The summed E-state index contributed by atoms with van der Waals surface area (Å²) in [5.74, 6) is -2.03. The fourth-order valence-electron chi connectivity index (χ4n) is 2.44. The molecule has 10 nitrogen and oxygen atoms in total. The highest BCUT2D eigenvalue weighted by molar-refractivity contribution is 7.85. The highest BCUT2D eigenvalue weighted by Gasteiger charge is 2.11. The number of amidine groups is 1. The van der Waals surface area contributed by atoms with Gasteiger partial charge < -0.3 is 15.0 Å². The molecule has 0 bridgehead atoms. The second-order valence-electron chi connectivity index (χ2n) is 6.05. The molecule has 0 unspecified atom stereocenters. The number of rotatable bonds is 6. The van der Waals surface area contributed by atoms with E-state index in [2.05, 4.69) is 20.8 Å². The zero-order valence-electron chi connectivity index (χ0n) is 15.7. The molecule has 0 saturated heterocycles. The van der Waals surface area contributed by atoms with E-state index in [1.807, 2.05) is 0 Å². The number of carbonyl (C=O) groups excluding carboxylic acids is 1. The number of hydrazone groups is 1. The highest BCUT2D eigenvalue weighted by atomic mass is 32.2. The minimum absolute atomic E-state index is 0.0228. The molecule has 3 aromatic rings. The molecule has 0 aliphatic rings. The summed E-state index contributed by atoms with van der Waals surface area (Å²) in [6.07, 6.45) is 0. The van der Waals surface area contributed by atoms with Crippen LogP contribution in [0, 0.1) is 0 Å². The number of aromatic carboxylic acids is 1. The largest absolute Gasteiger partial charge is 0.871 e. The van der Waals surface area contributed by atoms with Crippen LogP contribution in [0.5, 0.6) is 5.75 Å². The summed E-state index contributed by atoms with van der Waals surface area (Å²) in [7, 11) is -4.52. The maximum absolute atomic E-state index is 12.0. The van der Waals surface area contributed by atoms with Gasteiger partial charge in [0.25, 0.3) is 10.1 Å². The maximum Gasteiger partial charge on any atom is 0.294 e. The third-order valence-corrected chi connectivity index (χ3v) is 4.79. The van der Waals surface area contributed by atoms with Crippen LogP contribution in [0.1, 0.15) is 15.9 Å². The second kappa shape index (κ2) is 9.15. The standard InChI is InChI=1S/C20H16N4O6S/c25-18-11-10-14(31(28,29)30)12-17(18)22-24-19(13-6-2-1-3-7-13)23-21-16-9-5-4-8-15(16)20(26)27/h1-12,22,25H,(H,26,27)(H,28,29,30)/p-2/b23-21?,24-19+. The van der Waals surface area contributed by atoms with Crippen LogP contribution in [0.15, 0.2) is 93.0 Å². The van der Waals surface area contributed by atoms with Crippen LogP contribution in [0.4, 0.5) is 11.4 Å². The number of nitrogens with zero attached hydrogens (tertiary/aromatic N) is 3. The topological polar surface area (TPSA) is 167 Å². The Morgan fingerprint density at radius 2 is 1.65 bits per heavy atom. The summed E-state index contributed by atoms with van der Waals surface area (Å²) >= 11 is 0. The molecule has 31 heavy (non-hydrogen) atoms. The Hall–Kier alpha value is -4.09. The molecule has 0 radical (unpaired) electrons. The van der Waals surface area contributed by atoms with Crippen LogP contribution in [0.3, 0.4) is 0 Å². The van der Waals surface area contributed by atoms with Gasteiger partial charge in [0.1, 0.15) is 0 Å². The van der Waals surface area contributed by atoms with E-state index in [9.17, 15) is 23.4 Å². The van der Waals surface area contributed by atoms with Crippen molar-refractivity contribution < 1.29 is 28.0 Å². The van der Waals surface area contributed by atoms with E-state index in [1.54, 1.807) is 36.4 Å². The van der Waals surface area contributed by atoms with Crippen molar-refractivity contribution >= 4 is 33.3 Å². The molecule has 0 aliphatic heterocycles. The Kier molecular flexibility index (Phi) is 6.38. The lowest BCUT2D eigenvalue weighted by Gasteiger charge is -2.13. The maximum atomic E-state index is 12.0. The van der Waals surface area contributed by atoms with Gasteiger partial charge in [0.15, 0.2) is 0 Å². The summed E-state index contributed by atoms with van der Waals surface area (Å²) < 4.78 is 31.8. The van der Waals surface area contributed by atoms with Crippen molar-refractivity contribution in [1.82, 2.24) is 0 Å². The predicted molar refractivity (Wildman–Crippen MR) is 108 cm³/mol. The van der Waals surface area contributed by atoms with Crippen LogP contribution in [-0.2, 0) is 10.1 Å². The monoisotopic (exact) mass is 438 g/mol. The summed E-state index contributed by atoms with van der Waals surface area (Å²) in [5.41, 5.74) is 2.52. The molecule has 0 saturated carbocycles. The summed E-state index contributed by atoms with van der Waals surface area (Å²) in [6, 6.07) is 17.1. The number of hydrogen-bond acceptors (Lipinski definition) is 8. The van der Waals surface area contributed by atoms with Crippen LogP contribution in [0.25, 0.3) is 0 Å². The van der Waals surface area contributed by atoms with Crippen molar-refractivity contribution in [2.75, 3.05) is 5.43 Å². The number of carboxylic acids is 1. The average Bonchev–Trinajstić information content (AvgIpc) is 2.75. The molecule has 11 heteroatoms. The Bertz CT molecular complexity index is 1270. The average molecular weight is 438 g/mol. The van der Waals surface area contributed by atoms with Gasteiger partial charge in [-0.2, -0.15) is 13.5 Å². The van der Waals surface area contributed by atoms with E-state index in [1.165, 1.54) is 18.2 Å². The lowest BCUT2D eigenvalue weighted by Crippen LogP contribution is -2.22. The van der Waals surface area contributed by atoms with E-state index in [0.29, 0.717) is 5.56 Å². The van der Waals surface area contributed by atoms with Gasteiger partial charge in [-0.15, -0.1) is 10.2 Å². The SMILES string of the molecule is O=C([O-])c1ccccc1N=N/C(=N/Nc1cc(S(=O)(=O)O)ccc1[O-])c1ccccc1. The molecule has 2 N–H and O–H groups in total. The van der Waals surface area contributed by atoms with Crippen molar-refractivity contribution in [2.45, 2.75) is 4.90 Å². The van der Waals surface area contributed by atoms with Gasteiger partial charge in [-0.25, -0.2) is 0 Å². The molecule has 0 spiro atoms. The predicted octanol–water partition coefficient (Wildman–Crippen LogP) is 1.93. The van der Waals surface area contributed by atoms with Gasteiger partial charge in [-0.3, -0.25) is 9.98 Å².